The first-order valence-electron chi connectivity index (χ1n) is 8.58. The van der Waals surface area contributed by atoms with E-state index < -0.39 is 16.2 Å². The van der Waals surface area contributed by atoms with Crippen molar-refractivity contribution < 1.29 is 17.9 Å². The third-order valence-corrected chi connectivity index (χ3v) is 5.47. The maximum absolute atomic E-state index is 12.4. The third kappa shape index (κ3) is 5.32. The summed E-state index contributed by atoms with van der Waals surface area (Å²) >= 11 is 7.51. The highest BCUT2D eigenvalue weighted by Gasteiger charge is 2.29. The van der Waals surface area contributed by atoms with Crippen LogP contribution in [-0.4, -0.2) is 37.0 Å². The molecule has 3 aromatic rings. The number of carbonyl (C=O) groups excluding carboxylic acids is 1. The van der Waals surface area contributed by atoms with E-state index >= 15 is 0 Å². The molecule has 7 nitrogen and oxygen atoms in total. The first-order chi connectivity index (χ1) is 14.5. The molecule has 0 fully saturated rings. The van der Waals surface area contributed by atoms with Crippen molar-refractivity contribution in [2.75, 3.05) is 7.11 Å². The molecule has 1 aliphatic heterocycles. The van der Waals surface area contributed by atoms with Crippen LogP contribution in [0.2, 0.25) is 5.02 Å². The maximum atomic E-state index is 12.4. The minimum Gasteiger partial charge on any atom is -0.497 e. The van der Waals surface area contributed by atoms with Crippen LogP contribution in [0, 0.1) is 0 Å². The molecule has 1 aromatic heterocycles. The molecule has 1 aliphatic rings. The molecule has 1 amide bonds. The maximum Gasteiger partial charge on any atom is 0.271 e. The van der Waals surface area contributed by atoms with Crippen LogP contribution in [0.1, 0.15) is 11.1 Å². The average molecular weight is 462 g/mol. The number of fused-ring (bicyclic) bond motifs is 1. The second-order valence-corrected chi connectivity index (χ2v) is 7.96. The molecular formula is C20H16ClN3O4S2. The standard InChI is InChI=1S/C17H13ClN2O4S.C3H3NS/c1-24-12-4-2-3-10(7-12)9-19-17(21)15-16(25(22)23)13-8-11(18)5-6-14(13)20-15;1-2-5-3-4-1/h2-8H,9H2,1H3,(H,19,21);1-3H. The minimum atomic E-state index is -2.62. The second kappa shape index (κ2) is 10.1. The molecule has 4 rings (SSSR count). The lowest BCUT2D eigenvalue weighted by molar-refractivity contribution is -0.114. The van der Waals surface area contributed by atoms with Gasteiger partial charge in [0.25, 0.3) is 5.91 Å². The van der Waals surface area contributed by atoms with Gasteiger partial charge < -0.3 is 10.1 Å². The van der Waals surface area contributed by atoms with E-state index in [-0.39, 0.29) is 17.1 Å². The predicted molar refractivity (Wildman–Crippen MR) is 119 cm³/mol. The van der Waals surface area contributed by atoms with E-state index in [9.17, 15) is 13.2 Å². The fourth-order valence-corrected chi connectivity index (χ4v) is 3.80. The van der Waals surface area contributed by atoms with Gasteiger partial charge in [0, 0.05) is 28.7 Å². The number of nitrogens with one attached hydrogen (secondary N) is 1. The number of thiazole rings is 1. The first-order valence-corrected chi connectivity index (χ1v) is 11.0. The van der Waals surface area contributed by atoms with Gasteiger partial charge in [0.1, 0.15) is 10.6 Å². The Hall–Kier alpha value is -3.01. The lowest BCUT2D eigenvalue weighted by Crippen LogP contribution is -2.34. The Bertz CT molecular complexity index is 1200. The SMILES string of the molecule is COc1cccc(CNC(=O)C2=Nc3ccc(Cl)cc3C2=S(=O)=O)c1.c1cscn1. The van der Waals surface area contributed by atoms with Gasteiger partial charge in [-0.3, -0.25) is 9.78 Å². The van der Waals surface area contributed by atoms with Gasteiger partial charge in [0.2, 0.25) is 10.3 Å². The van der Waals surface area contributed by atoms with Gasteiger partial charge in [-0.05, 0) is 35.9 Å². The Kier molecular flexibility index (Phi) is 7.34. The van der Waals surface area contributed by atoms with Gasteiger partial charge in [0.15, 0.2) is 5.71 Å². The fourth-order valence-electron chi connectivity index (χ4n) is 2.63. The van der Waals surface area contributed by atoms with Crippen molar-refractivity contribution >= 4 is 55.4 Å². The summed E-state index contributed by atoms with van der Waals surface area (Å²) in [6, 6.07) is 11.8. The summed E-state index contributed by atoms with van der Waals surface area (Å²) in [7, 11) is -1.06. The van der Waals surface area contributed by atoms with Crippen LogP contribution in [0.5, 0.6) is 5.75 Å². The Morgan fingerprint density at radius 3 is 2.70 bits per heavy atom. The Morgan fingerprint density at radius 1 is 1.23 bits per heavy atom. The molecule has 0 saturated heterocycles. The Balaban J connectivity index is 0.000000448. The number of aromatic nitrogens is 1. The smallest absolute Gasteiger partial charge is 0.271 e. The van der Waals surface area contributed by atoms with Crippen molar-refractivity contribution in [2.24, 2.45) is 4.99 Å². The third-order valence-electron chi connectivity index (χ3n) is 3.97. The number of halogens is 1. The number of benzene rings is 2. The lowest BCUT2D eigenvalue weighted by atomic mass is 10.1. The van der Waals surface area contributed by atoms with Crippen molar-refractivity contribution in [3.63, 3.8) is 0 Å². The first kappa shape index (κ1) is 21.7. The summed E-state index contributed by atoms with van der Waals surface area (Å²) in [6.07, 6.45) is 1.77. The molecule has 10 heteroatoms. The van der Waals surface area contributed by atoms with E-state index in [4.69, 9.17) is 16.3 Å². The molecule has 0 atom stereocenters. The van der Waals surface area contributed by atoms with Gasteiger partial charge in [-0.2, -0.15) is 8.42 Å². The Labute approximate surface area is 183 Å². The number of methoxy groups -OCH3 is 1. The summed E-state index contributed by atoms with van der Waals surface area (Å²) in [5, 5.41) is 4.97. The molecule has 2 heterocycles. The van der Waals surface area contributed by atoms with Crippen LogP contribution in [0.25, 0.3) is 0 Å². The zero-order valence-electron chi connectivity index (χ0n) is 15.7. The molecule has 0 radical (unpaired) electrons. The molecule has 30 heavy (non-hydrogen) atoms. The molecule has 0 bridgehead atoms. The zero-order chi connectivity index (χ0) is 21.5. The monoisotopic (exact) mass is 461 g/mol. The van der Waals surface area contributed by atoms with Crippen LogP contribution in [0.15, 0.2) is 64.5 Å². The van der Waals surface area contributed by atoms with E-state index in [2.05, 4.69) is 15.3 Å². The molecule has 0 unspecified atom stereocenters. The molecule has 0 spiro atoms. The number of amides is 1. The number of nitrogens with zero attached hydrogens (tertiary/aromatic N) is 2. The second-order valence-electron chi connectivity index (χ2n) is 5.90. The van der Waals surface area contributed by atoms with Crippen LogP contribution >= 0.6 is 22.9 Å². The quantitative estimate of drug-likeness (QED) is 0.601. The summed E-state index contributed by atoms with van der Waals surface area (Å²) in [4.78, 5) is 20.2. The normalized spacial score (nSPS) is 11.7. The summed E-state index contributed by atoms with van der Waals surface area (Å²) < 4.78 is 28.3. The summed E-state index contributed by atoms with van der Waals surface area (Å²) in [5.41, 5.74) is 3.19. The van der Waals surface area contributed by atoms with Gasteiger partial charge >= 0.3 is 0 Å². The molecule has 1 N–H and O–H groups in total. The highest BCUT2D eigenvalue weighted by molar-refractivity contribution is 7.76. The van der Waals surface area contributed by atoms with Crippen molar-refractivity contribution in [3.05, 3.63) is 75.7 Å². The summed E-state index contributed by atoms with van der Waals surface area (Å²) in [6.45, 7) is 0.213. The van der Waals surface area contributed by atoms with E-state index in [1.54, 1.807) is 60.5 Å². The molecule has 2 aromatic carbocycles. The van der Waals surface area contributed by atoms with E-state index in [0.717, 1.165) is 5.56 Å². The van der Waals surface area contributed by atoms with Crippen LogP contribution in [0.3, 0.4) is 0 Å². The number of ether oxygens (including phenoxy) is 1. The summed E-state index contributed by atoms with van der Waals surface area (Å²) in [5.74, 6) is 0.0919. The van der Waals surface area contributed by atoms with Crippen molar-refractivity contribution in [1.82, 2.24) is 10.3 Å². The zero-order valence-corrected chi connectivity index (χ0v) is 18.1. The van der Waals surface area contributed by atoms with Crippen molar-refractivity contribution in [3.8, 4) is 5.75 Å². The largest absolute Gasteiger partial charge is 0.497 e. The number of aliphatic imine (C=N–C) groups is 1. The fraction of sp³-hybridized carbons (Fsp3) is 0.100. The highest BCUT2D eigenvalue weighted by Crippen LogP contribution is 2.29. The molecule has 0 saturated carbocycles. The van der Waals surface area contributed by atoms with E-state index in [1.165, 1.54) is 6.07 Å². The number of hydrogen-bond donors (Lipinski definition) is 1. The minimum absolute atomic E-state index is 0.145. The van der Waals surface area contributed by atoms with Gasteiger partial charge in [-0.1, -0.05) is 23.7 Å². The number of carbonyl (C=O) groups is 1. The van der Waals surface area contributed by atoms with Crippen LogP contribution in [0.4, 0.5) is 5.69 Å². The predicted octanol–water partition coefficient (Wildman–Crippen LogP) is 3.29. The van der Waals surface area contributed by atoms with E-state index in [1.807, 2.05) is 11.4 Å². The Morgan fingerprint density at radius 2 is 2.07 bits per heavy atom. The topological polar surface area (TPSA) is 97.7 Å². The van der Waals surface area contributed by atoms with Gasteiger partial charge in [-0.15, -0.1) is 11.3 Å². The average Bonchev–Trinajstić information content (AvgIpc) is 3.43. The molecule has 0 aliphatic carbocycles. The van der Waals surface area contributed by atoms with E-state index in [0.29, 0.717) is 22.0 Å². The number of hydrogen-bond acceptors (Lipinski definition) is 7. The number of rotatable bonds is 4. The van der Waals surface area contributed by atoms with Crippen LogP contribution < -0.4 is 10.1 Å². The van der Waals surface area contributed by atoms with Gasteiger partial charge in [0.05, 0.1) is 18.3 Å². The van der Waals surface area contributed by atoms with Crippen molar-refractivity contribution in [1.29, 1.82) is 0 Å². The molecule has 154 valence electrons. The lowest BCUT2D eigenvalue weighted by Gasteiger charge is -2.07. The van der Waals surface area contributed by atoms with Crippen molar-refractivity contribution in [2.45, 2.75) is 6.54 Å². The highest BCUT2D eigenvalue weighted by atomic mass is 35.5. The van der Waals surface area contributed by atoms with Gasteiger partial charge in [-0.25, -0.2) is 4.99 Å². The van der Waals surface area contributed by atoms with Crippen LogP contribution in [-0.2, 0) is 21.6 Å². The molecular weight excluding hydrogens is 446 g/mol.